The first-order valence-corrected chi connectivity index (χ1v) is 5.45. The molecule has 0 N–H and O–H groups in total. The Labute approximate surface area is 103 Å². The summed E-state index contributed by atoms with van der Waals surface area (Å²) >= 11 is 11.4. The second kappa shape index (κ2) is 5.92. The molecule has 16 heavy (non-hydrogen) atoms. The third kappa shape index (κ3) is 3.54. The molecule has 0 saturated heterocycles. The molecule has 0 spiro atoms. The fraction of sp³-hybridized carbons (Fsp3) is 0.400. The average molecular weight is 264 g/mol. The maximum Gasteiger partial charge on any atom is 0.347 e. The predicted molar refractivity (Wildman–Crippen MR) is 61.0 cm³/mol. The number of nitrogens with zero attached hydrogens (tertiary/aromatic N) is 1. The minimum absolute atomic E-state index is 0.114. The molecule has 0 bridgehead atoms. The molecule has 0 aromatic carbocycles. The van der Waals surface area contributed by atoms with E-state index in [2.05, 4.69) is 4.98 Å². The number of rotatable bonds is 4. The molecular weight excluding hydrogens is 253 g/mol. The van der Waals surface area contributed by atoms with Gasteiger partial charge in [-0.15, -0.1) is 0 Å². The van der Waals surface area contributed by atoms with Crippen molar-refractivity contribution in [2.45, 2.75) is 20.0 Å². The summed E-state index contributed by atoms with van der Waals surface area (Å²) in [5, 5.41) is 0.379. The number of halogens is 2. The van der Waals surface area contributed by atoms with Crippen LogP contribution in [0.2, 0.25) is 10.3 Å². The van der Waals surface area contributed by atoms with Crippen LogP contribution in [0.4, 0.5) is 0 Å². The van der Waals surface area contributed by atoms with Gasteiger partial charge in [0.15, 0.2) is 17.0 Å². The fourth-order valence-electron chi connectivity index (χ4n) is 0.985. The van der Waals surface area contributed by atoms with E-state index >= 15 is 0 Å². The first-order valence-electron chi connectivity index (χ1n) is 4.70. The molecule has 88 valence electrons. The van der Waals surface area contributed by atoms with E-state index in [0.29, 0.717) is 12.4 Å². The molecule has 1 heterocycles. The Balaban J connectivity index is 2.69. The highest BCUT2D eigenvalue weighted by molar-refractivity contribution is 6.33. The standard InChI is InChI=1S/C10H11Cl2NO3/c1-3-15-10(14)6(2)16-7-4-5-8(11)13-9(7)12/h4-6H,3H2,1-2H3. The lowest BCUT2D eigenvalue weighted by Crippen LogP contribution is -2.26. The predicted octanol–water partition coefficient (Wildman–Crippen LogP) is 2.72. The Morgan fingerprint density at radius 2 is 2.19 bits per heavy atom. The minimum Gasteiger partial charge on any atom is -0.476 e. The molecule has 1 unspecified atom stereocenters. The maximum absolute atomic E-state index is 11.3. The Hall–Kier alpha value is -1.00. The minimum atomic E-state index is -0.736. The number of carbonyl (C=O) groups excluding carboxylic acids is 1. The summed E-state index contributed by atoms with van der Waals surface area (Å²) in [6.45, 7) is 3.60. The van der Waals surface area contributed by atoms with Gasteiger partial charge in [-0.3, -0.25) is 0 Å². The normalized spacial score (nSPS) is 12.0. The molecule has 0 radical (unpaired) electrons. The Morgan fingerprint density at radius 1 is 1.50 bits per heavy atom. The summed E-state index contributed by atoms with van der Waals surface area (Å²) in [6.07, 6.45) is -0.736. The molecule has 0 amide bonds. The number of aromatic nitrogens is 1. The van der Waals surface area contributed by atoms with Crippen molar-refractivity contribution in [2.75, 3.05) is 6.61 Å². The van der Waals surface area contributed by atoms with Crippen LogP contribution in [0, 0.1) is 0 Å². The van der Waals surface area contributed by atoms with E-state index in [1.54, 1.807) is 19.9 Å². The van der Waals surface area contributed by atoms with Gasteiger partial charge in [-0.2, -0.15) is 0 Å². The molecule has 0 saturated carbocycles. The summed E-state index contributed by atoms with van der Waals surface area (Å²) in [4.78, 5) is 15.1. The lowest BCUT2D eigenvalue weighted by molar-refractivity contribution is -0.150. The van der Waals surface area contributed by atoms with Crippen molar-refractivity contribution in [1.82, 2.24) is 4.98 Å². The molecule has 0 fully saturated rings. The zero-order valence-electron chi connectivity index (χ0n) is 8.87. The van der Waals surface area contributed by atoms with Gasteiger partial charge >= 0.3 is 5.97 Å². The van der Waals surface area contributed by atoms with Gasteiger partial charge in [0.05, 0.1) is 6.61 Å². The molecule has 6 heteroatoms. The van der Waals surface area contributed by atoms with Crippen LogP contribution in [0.15, 0.2) is 12.1 Å². The van der Waals surface area contributed by atoms with Crippen molar-refractivity contribution in [1.29, 1.82) is 0 Å². The Kier molecular flexibility index (Phi) is 4.83. The van der Waals surface area contributed by atoms with E-state index in [0.717, 1.165) is 0 Å². The molecule has 0 aliphatic carbocycles. The summed E-state index contributed by atoms with van der Waals surface area (Å²) in [5.74, 6) is -0.153. The molecule has 4 nitrogen and oxygen atoms in total. The molecule has 1 atom stereocenters. The quantitative estimate of drug-likeness (QED) is 0.619. The van der Waals surface area contributed by atoms with Crippen LogP contribution in [0.25, 0.3) is 0 Å². The van der Waals surface area contributed by atoms with Gasteiger partial charge in [0.25, 0.3) is 0 Å². The van der Waals surface area contributed by atoms with Gasteiger partial charge in [-0.25, -0.2) is 9.78 Å². The SMILES string of the molecule is CCOC(=O)C(C)Oc1ccc(Cl)nc1Cl. The van der Waals surface area contributed by atoms with E-state index < -0.39 is 12.1 Å². The lowest BCUT2D eigenvalue weighted by Gasteiger charge is -2.13. The van der Waals surface area contributed by atoms with Crippen LogP contribution in [-0.4, -0.2) is 23.7 Å². The number of ether oxygens (including phenoxy) is 2. The highest BCUT2D eigenvalue weighted by Crippen LogP contribution is 2.24. The van der Waals surface area contributed by atoms with E-state index in [9.17, 15) is 4.79 Å². The monoisotopic (exact) mass is 263 g/mol. The number of pyridine rings is 1. The third-order valence-corrected chi connectivity index (χ3v) is 2.18. The van der Waals surface area contributed by atoms with Crippen molar-refractivity contribution in [2.24, 2.45) is 0 Å². The van der Waals surface area contributed by atoms with Gasteiger partial charge in [0.2, 0.25) is 0 Å². The second-order valence-corrected chi connectivity index (χ2v) is 3.68. The number of hydrogen-bond donors (Lipinski definition) is 0. The van der Waals surface area contributed by atoms with Gasteiger partial charge in [0, 0.05) is 0 Å². The van der Waals surface area contributed by atoms with Crippen LogP contribution in [-0.2, 0) is 9.53 Å². The summed E-state index contributed by atoms with van der Waals surface area (Å²) in [6, 6.07) is 3.08. The maximum atomic E-state index is 11.3. The highest BCUT2D eigenvalue weighted by Gasteiger charge is 2.17. The summed E-state index contributed by atoms with van der Waals surface area (Å²) in [5.41, 5.74) is 0. The fourth-order valence-corrected chi connectivity index (χ4v) is 1.37. The molecule has 1 aromatic rings. The topological polar surface area (TPSA) is 48.4 Å². The van der Waals surface area contributed by atoms with Gasteiger partial charge in [0.1, 0.15) is 5.15 Å². The molecule has 0 aliphatic rings. The van der Waals surface area contributed by atoms with Crippen molar-refractivity contribution in [3.8, 4) is 5.75 Å². The summed E-state index contributed by atoms with van der Waals surface area (Å²) < 4.78 is 10.1. The first-order chi connectivity index (χ1) is 7.54. The van der Waals surface area contributed by atoms with Crippen LogP contribution >= 0.6 is 23.2 Å². The third-order valence-electron chi connectivity index (χ3n) is 1.70. The van der Waals surface area contributed by atoms with Crippen molar-refractivity contribution in [3.63, 3.8) is 0 Å². The van der Waals surface area contributed by atoms with E-state index in [1.165, 1.54) is 6.07 Å². The van der Waals surface area contributed by atoms with Crippen molar-refractivity contribution >= 4 is 29.2 Å². The van der Waals surface area contributed by atoms with E-state index in [1.807, 2.05) is 0 Å². The highest BCUT2D eigenvalue weighted by atomic mass is 35.5. The largest absolute Gasteiger partial charge is 0.476 e. The van der Waals surface area contributed by atoms with Crippen LogP contribution in [0.5, 0.6) is 5.75 Å². The Morgan fingerprint density at radius 3 is 2.75 bits per heavy atom. The number of carbonyl (C=O) groups is 1. The van der Waals surface area contributed by atoms with Crippen molar-refractivity contribution in [3.05, 3.63) is 22.4 Å². The molecule has 0 aliphatic heterocycles. The second-order valence-electron chi connectivity index (χ2n) is 2.94. The molecule has 1 rings (SSSR count). The zero-order chi connectivity index (χ0) is 12.1. The Bertz CT molecular complexity index is 384. The van der Waals surface area contributed by atoms with Gasteiger partial charge in [-0.05, 0) is 26.0 Å². The molecule has 1 aromatic heterocycles. The number of esters is 1. The van der Waals surface area contributed by atoms with E-state index in [-0.39, 0.29) is 10.3 Å². The average Bonchev–Trinajstić information content (AvgIpc) is 2.22. The van der Waals surface area contributed by atoms with Crippen molar-refractivity contribution < 1.29 is 14.3 Å². The van der Waals surface area contributed by atoms with Crippen LogP contribution < -0.4 is 4.74 Å². The molecular formula is C10H11Cl2NO3. The zero-order valence-corrected chi connectivity index (χ0v) is 10.4. The van der Waals surface area contributed by atoms with E-state index in [4.69, 9.17) is 32.7 Å². The van der Waals surface area contributed by atoms with Gasteiger partial charge < -0.3 is 9.47 Å². The smallest absolute Gasteiger partial charge is 0.347 e. The number of hydrogen-bond acceptors (Lipinski definition) is 4. The van der Waals surface area contributed by atoms with Crippen LogP contribution in [0.3, 0.4) is 0 Å². The first kappa shape index (κ1) is 13.1. The van der Waals surface area contributed by atoms with Crippen LogP contribution in [0.1, 0.15) is 13.8 Å². The van der Waals surface area contributed by atoms with Gasteiger partial charge in [-0.1, -0.05) is 23.2 Å². The lowest BCUT2D eigenvalue weighted by atomic mass is 10.4. The summed E-state index contributed by atoms with van der Waals surface area (Å²) in [7, 11) is 0.